The third-order valence-electron chi connectivity index (χ3n) is 3.56. The molecule has 2 aromatic rings. The molecule has 4 nitrogen and oxygen atoms in total. The molecule has 1 aliphatic carbocycles. The minimum Gasteiger partial charge on any atom is -0.356 e. The van der Waals surface area contributed by atoms with Crippen LogP contribution in [-0.4, -0.2) is 11.9 Å². The van der Waals surface area contributed by atoms with Crippen molar-refractivity contribution in [3.05, 3.63) is 65.7 Å². The minimum atomic E-state index is -0.290. The predicted molar refractivity (Wildman–Crippen MR) is 90.9 cm³/mol. The Morgan fingerprint density at radius 1 is 1.04 bits per heavy atom. The standard InChI is InChI=1S/C19H17N3O/c20-13-15(19(23)22-18-10-11-18)12-14-6-8-17(9-7-14)21-16-4-2-1-3-5-16/h1-9,12,18,21H,10-11H2,(H,22,23)/b15-12+. The fourth-order valence-corrected chi connectivity index (χ4v) is 2.16. The fraction of sp³-hybridized carbons (Fsp3) is 0.158. The van der Waals surface area contributed by atoms with E-state index in [-0.39, 0.29) is 17.5 Å². The van der Waals surface area contributed by atoms with Crippen LogP contribution in [-0.2, 0) is 4.79 Å². The van der Waals surface area contributed by atoms with E-state index in [4.69, 9.17) is 5.26 Å². The summed E-state index contributed by atoms with van der Waals surface area (Å²) in [7, 11) is 0. The number of nitriles is 1. The Morgan fingerprint density at radius 3 is 2.30 bits per heavy atom. The molecule has 1 amide bonds. The monoisotopic (exact) mass is 303 g/mol. The van der Waals surface area contributed by atoms with E-state index in [1.165, 1.54) is 0 Å². The number of nitrogens with zero attached hydrogens (tertiary/aromatic N) is 1. The van der Waals surface area contributed by atoms with Crippen LogP contribution in [0.1, 0.15) is 18.4 Å². The van der Waals surface area contributed by atoms with Gasteiger partial charge in [-0.15, -0.1) is 0 Å². The number of hydrogen-bond acceptors (Lipinski definition) is 3. The van der Waals surface area contributed by atoms with Gasteiger partial charge in [-0.2, -0.15) is 5.26 Å². The van der Waals surface area contributed by atoms with Crippen LogP contribution >= 0.6 is 0 Å². The molecule has 3 rings (SSSR count). The third-order valence-corrected chi connectivity index (χ3v) is 3.56. The smallest absolute Gasteiger partial charge is 0.262 e. The number of nitrogens with one attached hydrogen (secondary N) is 2. The van der Waals surface area contributed by atoms with E-state index in [0.29, 0.717) is 0 Å². The second-order valence-corrected chi connectivity index (χ2v) is 5.53. The van der Waals surface area contributed by atoms with E-state index in [1.54, 1.807) is 6.08 Å². The van der Waals surface area contributed by atoms with Gasteiger partial charge in [0.05, 0.1) is 0 Å². The van der Waals surface area contributed by atoms with Gasteiger partial charge >= 0.3 is 0 Å². The van der Waals surface area contributed by atoms with Crippen LogP contribution in [0.3, 0.4) is 0 Å². The van der Waals surface area contributed by atoms with Crippen molar-refractivity contribution in [1.82, 2.24) is 5.32 Å². The summed E-state index contributed by atoms with van der Waals surface area (Å²) < 4.78 is 0. The van der Waals surface area contributed by atoms with Crippen LogP contribution in [0.5, 0.6) is 0 Å². The molecule has 1 saturated carbocycles. The van der Waals surface area contributed by atoms with Crippen LogP contribution in [0.25, 0.3) is 6.08 Å². The van der Waals surface area contributed by atoms with Crippen LogP contribution in [0.15, 0.2) is 60.2 Å². The molecule has 0 unspecified atom stereocenters. The van der Waals surface area contributed by atoms with Gasteiger partial charge in [-0.1, -0.05) is 30.3 Å². The number of rotatable bonds is 5. The average Bonchev–Trinajstić information content (AvgIpc) is 3.39. The molecule has 0 atom stereocenters. The van der Waals surface area contributed by atoms with Crippen LogP contribution in [0.2, 0.25) is 0 Å². The number of para-hydroxylation sites is 1. The molecule has 0 saturated heterocycles. The average molecular weight is 303 g/mol. The molecule has 0 heterocycles. The number of anilines is 2. The molecule has 0 bridgehead atoms. The van der Waals surface area contributed by atoms with Gasteiger partial charge in [-0.3, -0.25) is 4.79 Å². The molecule has 23 heavy (non-hydrogen) atoms. The number of benzene rings is 2. The van der Waals surface area contributed by atoms with Crippen molar-refractivity contribution in [2.75, 3.05) is 5.32 Å². The van der Waals surface area contributed by atoms with E-state index in [9.17, 15) is 4.79 Å². The Morgan fingerprint density at radius 2 is 1.70 bits per heavy atom. The second-order valence-electron chi connectivity index (χ2n) is 5.53. The van der Waals surface area contributed by atoms with Crippen molar-refractivity contribution in [1.29, 1.82) is 5.26 Å². The molecule has 2 N–H and O–H groups in total. The first-order valence-electron chi connectivity index (χ1n) is 7.59. The zero-order valence-corrected chi connectivity index (χ0v) is 12.6. The number of amides is 1. The number of carbonyl (C=O) groups excluding carboxylic acids is 1. The van der Waals surface area contributed by atoms with Gasteiger partial charge in [-0.05, 0) is 48.7 Å². The van der Waals surface area contributed by atoms with Crippen molar-refractivity contribution >= 4 is 23.4 Å². The topological polar surface area (TPSA) is 64.9 Å². The van der Waals surface area contributed by atoms with Crippen molar-refractivity contribution < 1.29 is 4.79 Å². The molecule has 2 aromatic carbocycles. The van der Waals surface area contributed by atoms with Crippen molar-refractivity contribution in [2.24, 2.45) is 0 Å². The van der Waals surface area contributed by atoms with E-state index < -0.39 is 0 Å². The van der Waals surface area contributed by atoms with Crippen molar-refractivity contribution in [3.63, 3.8) is 0 Å². The lowest BCUT2D eigenvalue weighted by molar-refractivity contribution is -0.117. The summed E-state index contributed by atoms with van der Waals surface area (Å²) in [6, 6.07) is 19.7. The minimum absolute atomic E-state index is 0.140. The maximum Gasteiger partial charge on any atom is 0.262 e. The number of hydrogen-bond donors (Lipinski definition) is 2. The molecule has 4 heteroatoms. The van der Waals surface area contributed by atoms with E-state index >= 15 is 0 Å². The Bertz CT molecular complexity index is 753. The molecular formula is C19H17N3O. The quantitative estimate of drug-likeness (QED) is 0.655. The summed E-state index contributed by atoms with van der Waals surface area (Å²) >= 11 is 0. The Kier molecular flexibility index (Phi) is 4.39. The van der Waals surface area contributed by atoms with Gasteiger partial charge in [-0.25, -0.2) is 0 Å². The molecule has 114 valence electrons. The third kappa shape index (κ3) is 4.21. The summed E-state index contributed by atoms with van der Waals surface area (Å²) in [4.78, 5) is 11.9. The van der Waals surface area contributed by atoms with E-state index in [2.05, 4.69) is 10.6 Å². The zero-order valence-electron chi connectivity index (χ0n) is 12.6. The van der Waals surface area contributed by atoms with Gasteiger partial charge in [0.1, 0.15) is 11.6 Å². The highest BCUT2D eigenvalue weighted by atomic mass is 16.1. The normalized spacial score (nSPS) is 14.0. The van der Waals surface area contributed by atoms with Crippen LogP contribution < -0.4 is 10.6 Å². The van der Waals surface area contributed by atoms with Gasteiger partial charge in [0.2, 0.25) is 0 Å². The largest absolute Gasteiger partial charge is 0.356 e. The summed E-state index contributed by atoms with van der Waals surface area (Å²) in [5, 5.41) is 15.3. The maximum absolute atomic E-state index is 11.9. The van der Waals surface area contributed by atoms with Gasteiger partial charge in [0, 0.05) is 17.4 Å². The van der Waals surface area contributed by atoms with Gasteiger partial charge in [0.15, 0.2) is 0 Å². The molecule has 0 spiro atoms. The summed E-state index contributed by atoms with van der Waals surface area (Å²) in [5.41, 5.74) is 2.93. The summed E-state index contributed by atoms with van der Waals surface area (Å²) in [6.07, 6.45) is 3.62. The lowest BCUT2D eigenvalue weighted by atomic mass is 10.1. The van der Waals surface area contributed by atoms with Crippen LogP contribution in [0.4, 0.5) is 11.4 Å². The number of carbonyl (C=O) groups is 1. The first kappa shape index (κ1) is 14.9. The molecule has 0 aromatic heterocycles. The highest BCUT2D eigenvalue weighted by molar-refractivity contribution is 6.02. The summed E-state index contributed by atoms with van der Waals surface area (Å²) in [6.45, 7) is 0. The molecule has 1 fully saturated rings. The molecule has 0 radical (unpaired) electrons. The highest BCUT2D eigenvalue weighted by Gasteiger charge is 2.24. The van der Waals surface area contributed by atoms with Crippen LogP contribution in [0, 0.1) is 11.3 Å². The highest BCUT2D eigenvalue weighted by Crippen LogP contribution is 2.20. The van der Waals surface area contributed by atoms with E-state index in [1.807, 2.05) is 60.7 Å². The summed E-state index contributed by atoms with van der Waals surface area (Å²) in [5.74, 6) is -0.290. The van der Waals surface area contributed by atoms with Gasteiger partial charge in [0.25, 0.3) is 5.91 Å². The predicted octanol–water partition coefficient (Wildman–Crippen LogP) is 3.62. The Hall–Kier alpha value is -3.06. The maximum atomic E-state index is 11.9. The lowest BCUT2D eigenvalue weighted by Gasteiger charge is -2.06. The first-order chi connectivity index (χ1) is 11.2. The molecule has 0 aliphatic heterocycles. The molecule has 1 aliphatic rings. The SMILES string of the molecule is N#C/C(=C\c1ccc(Nc2ccccc2)cc1)C(=O)NC1CC1. The van der Waals surface area contributed by atoms with Crippen molar-refractivity contribution in [2.45, 2.75) is 18.9 Å². The zero-order chi connectivity index (χ0) is 16.1. The van der Waals surface area contributed by atoms with Gasteiger partial charge < -0.3 is 10.6 Å². The lowest BCUT2D eigenvalue weighted by Crippen LogP contribution is -2.26. The second kappa shape index (κ2) is 6.80. The fourth-order valence-electron chi connectivity index (χ4n) is 2.16. The van der Waals surface area contributed by atoms with E-state index in [0.717, 1.165) is 29.8 Å². The Labute approximate surface area is 135 Å². The first-order valence-corrected chi connectivity index (χ1v) is 7.59. The molecular weight excluding hydrogens is 286 g/mol. The van der Waals surface area contributed by atoms with Crippen molar-refractivity contribution in [3.8, 4) is 6.07 Å². The Balaban J connectivity index is 1.69.